The zero-order valence-electron chi connectivity index (χ0n) is 9.39. The molecule has 1 aromatic rings. The Bertz CT molecular complexity index is 364. The maximum Gasteiger partial charge on any atom is 0.353 e. The van der Waals surface area contributed by atoms with Crippen LogP contribution in [0.2, 0.25) is 0 Å². The SMILES string of the molecule is C=C(NOCCCOc1ccccc1)C(=O)O. The molecule has 0 aliphatic heterocycles. The molecule has 0 atom stereocenters. The van der Waals surface area contributed by atoms with Crippen LogP contribution in [0.25, 0.3) is 0 Å². The lowest BCUT2D eigenvalue weighted by Crippen LogP contribution is -2.20. The van der Waals surface area contributed by atoms with Gasteiger partial charge in [-0.05, 0) is 12.1 Å². The van der Waals surface area contributed by atoms with Crippen LogP contribution in [0, 0.1) is 0 Å². The van der Waals surface area contributed by atoms with E-state index >= 15 is 0 Å². The Morgan fingerprint density at radius 1 is 1.29 bits per heavy atom. The average Bonchev–Trinajstić information content (AvgIpc) is 2.34. The van der Waals surface area contributed by atoms with Crippen LogP contribution in [-0.4, -0.2) is 24.3 Å². The molecule has 1 rings (SSSR count). The van der Waals surface area contributed by atoms with Gasteiger partial charge in [0.2, 0.25) is 0 Å². The van der Waals surface area contributed by atoms with Crippen molar-refractivity contribution in [2.75, 3.05) is 13.2 Å². The normalized spacial score (nSPS) is 9.65. The molecule has 1 aromatic carbocycles. The second-order valence-corrected chi connectivity index (χ2v) is 3.25. The van der Waals surface area contributed by atoms with Crippen LogP contribution in [0.3, 0.4) is 0 Å². The molecule has 0 aromatic heterocycles. The summed E-state index contributed by atoms with van der Waals surface area (Å²) in [5.41, 5.74) is 2.05. The first-order chi connectivity index (χ1) is 8.20. The maximum absolute atomic E-state index is 10.3. The molecule has 5 nitrogen and oxygen atoms in total. The first kappa shape index (κ1) is 13.1. The molecule has 5 heteroatoms. The number of aliphatic carboxylic acids is 1. The van der Waals surface area contributed by atoms with Gasteiger partial charge < -0.3 is 9.84 Å². The minimum absolute atomic E-state index is 0.186. The van der Waals surface area contributed by atoms with Crippen molar-refractivity contribution in [3.05, 3.63) is 42.6 Å². The monoisotopic (exact) mass is 237 g/mol. The van der Waals surface area contributed by atoms with Crippen molar-refractivity contribution in [2.45, 2.75) is 6.42 Å². The van der Waals surface area contributed by atoms with Crippen molar-refractivity contribution >= 4 is 5.97 Å². The summed E-state index contributed by atoms with van der Waals surface area (Å²) in [5.74, 6) is -0.332. The predicted molar refractivity (Wildman–Crippen MR) is 62.4 cm³/mol. The summed E-state index contributed by atoms with van der Waals surface area (Å²) in [4.78, 5) is 15.2. The molecule has 0 fully saturated rings. The highest BCUT2D eigenvalue weighted by atomic mass is 16.6. The molecule has 17 heavy (non-hydrogen) atoms. The Kier molecular flexibility index (Phi) is 5.60. The van der Waals surface area contributed by atoms with Crippen LogP contribution in [0.15, 0.2) is 42.6 Å². The Morgan fingerprint density at radius 2 is 2.00 bits per heavy atom. The van der Waals surface area contributed by atoms with Crippen molar-refractivity contribution in [1.82, 2.24) is 5.48 Å². The number of hydrogen-bond donors (Lipinski definition) is 2. The van der Waals surface area contributed by atoms with Gasteiger partial charge in [0.15, 0.2) is 0 Å². The van der Waals surface area contributed by atoms with Crippen molar-refractivity contribution in [3.8, 4) is 5.75 Å². The second kappa shape index (κ2) is 7.29. The third kappa shape index (κ3) is 5.58. The fourth-order valence-corrected chi connectivity index (χ4v) is 1.02. The van der Waals surface area contributed by atoms with Gasteiger partial charge in [-0.3, -0.25) is 10.3 Å². The summed E-state index contributed by atoms with van der Waals surface area (Å²) in [6.45, 7) is 4.10. The van der Waals surface area contributed by atoms with Crippen molar-refractivity contribution in [1.29, 1.82) is 0 Å². The number of para-hydroxylation sites is 1. The van der Waals surface area contributed by atoms with E-state index in [1.807, 2.05) is 30.3 Å². The minimum atomic E-state index is -1.13. The lowest BCUT2D eigenvalue weighted by atomic mass is 10.3. The van der Waals surface area contributed by atoms with Crippen LogP contribution in [-0.2, 0) is 9.63 Å². The molecule has 0 amide bonds. The third-order valence-corrected chi connectivity index (χ3v) is 1.86. The van der Waals surface area contributed by atoms with E-state index in [4.69, 9.17) is 14.7 Å². The Hall–Kier alpha value is -2.01. The molecular weight excluding hydrogens is 222 g/mol. The molecule has 2 N–H and O–H groups in total. The van der Waals surface area contributed by atoms with E-state index < -0.39 is 5.97 Å². The average molecular weight is 237 g/mol. The van der Waals surface area contributed by atoms with Crippen molar-refractivity contribution in [2.24, 2.45) is 0 Å². The fourth-order valence-electron chi connectivity index (χ4n) is 1.02. The highest BCUT2D eigenvalue weighted by Crippen LogP contribution is 2.08. The maximum atomic E-state index is 10.3. The topological polar surface area (TPSA) is 67.8 Å². The van der Waals surface area contributed by atoms with Crippen LogP contribution >= 0.6 is 0 Å². The minimum Gasteiger partial charge on any atom is -0.494 e. The summed E-state index contributed by atoms with van der Waals surface area (Å²) in [6, 6.07) is 9.43. The van der Waals surface area contributed by atoms with E-state index in [0.717, 1.165) is 5.75 Å². The lowest BCUT2D eigenvalue weighted by Gasteiger charge is -2.07. The molecule has 0 spiro atoms. The second-order valence-electron chi connectivity index (χ2n) is 3.25. The first-order valence-corrected chi connectivity index (χ1v) is 5.18. The molecule has 0 unspecified atom stereocenters. The number of nitrogens with one attached hydrogen (secondary N) is 1. The van der Waals surface area contributed by atoms with Gasteiger partial charge >= 0.3 is 5.97 Å². The van der Waals surface area contributed by atoms with Crippen LogP contribution in [0.5, 0.6) is 5.75 Å². The molecule has 0 saturated heterocycles. The number of carboxylic acids is 1. The number of ether oxygens (including phenoxy) is 1. The van der Waals surface area contributed by atoms with Gasteiger partial charge in [0.05, 0.1) is 13.2 Å². The van der Waals surface area contributed by atoms with Crippen molar-refractivity contribution in [3.63, 3.8) is 0 Å². The van der Waals surface area contributed by atoms with E-state index in [9.17, 15) is 4.79 Å². The van der Waals surface area contributed by atoms with Gasteiger partial charge in [-0.15, -0.1) is 0 Å². The zero-order valence-corrected chi connectivity index (χ0v) is 9.39. The largest absolute Gasteiger partial charge is 0.494 e. The number of benzene rings is 1. The van der Waals surface area contributed by atoms with Crippen LogP contribution < -0.4 is 10.2 Å². The molecule has 0 bridgehead atoms. The highest BCUT2D eigenvalue weighted by molar-refractivity contribution is 5.84. The van der Waals surface area contributed by atoms with Crippen LogP contribution in [0.4, 0.5) is 0 Å². The van der Waals surface area contributed by atoms with E-state index in [-0.39, 0.29) is 5.70 Å². The van der Waals surface area contributed by atoms with Gasteiger partial charge in [0, 0.05) is 6.42 Å². The quantitative estimate of drug-likeness (QED) is 0.408. The molecule has 0 saturated carbocycles. The van der Waals surface area contributed by atoms with Gasteiger partial charge in [0.25, 0.3) is 0 Å². The molecule has 0 radical (unpaired) electrons. The predicted octanol–water partition coefficient (Wildman–Crippen LogP) is 1.58. The number of rotatable bonds is 8. The third-order valence-electron chi connectivity index (χ3n) is 1.86. The number of carboxylic acid groups (broad SMARTS) is 1. The van der Waals surface area contributed by atoms with E-state index in [1.54, 1.807) is 0 Å². The molecule has 0 aliphatic carbocycles. The van der Waals surface area contributed by atoms with Crippen molar-refractivity contribution < 1.29 is 19.5 Å². The summed E-state index contributed by atoms with van der Waals surface area (Å²) in [5, 5.41) is 8.47. The van der Waals surface area contributed by atoms with Gasteiger partial charge in [-0.1, -0.05) is 24.8 Å². The van der Waals surface area contributed by atoms with Crippen LogP contribution in [0.1, 0.15) is 6.42 Å². The smallest absolute Gasteiger partial charge is 0.353 e. The van der Waals surface area contributed by atoms with E-state index in [1.165, 1.54) is 0 Å². The first-order valence-electron chi connectivity index (χ1n) is 5.18. The number of hydroxylamine groups is 1. The fraction of sp³-hybridized carbons (Fsp3) is 0.250. The van der Waals surface area contributed by atoms with Gasteiger partial charge in [-0.25, -0.2) is 4.79 Å². The van der Waals surface area contributed by atoms with Gasteiger partial charge in [0.1, 0.15) is 11.4 Å². The Labute approximate surface area is 99.6 Å². The molecule has 92 valence electrons. The molecule has 0 heterocycles. The van der Waals surface area contributed by atoms with E-state index in [2.05, 4.69) is 12.1 Å². The zero-order chi connectivity index (χ0) is 12.5. The number of hydrogen-bond acceptors (Lipinski definition) is 4. The van der Waals surface area contributed by atoms with E-state index in [0.29, 0.717) is 19.6 Å². The summed E-state index contributed by atoms with van der Waals surface area (Å²) >= 11 is 0. The molecule has 0 aliphatic rings. The Balaban J connectivity index is 2.02. The lowest BCUT2D eigenvalue weighted by molar-refractivity contribution is -0.134. The summed E-state index contributed by atoms with van der Waals surface area (Å²) in [7, 11) is 0. The highest BCUT2D eigenvalue weighted by Gasteiger charge is 2.01. The molecular formula is C12H15NO4. The standard InChI is InChI=1S/C12H15NO4/c1-10(12(14)15)13-17-9-5-8-16-11-6-3-2-4-7-11/h2-4,6-7,13H,1,5,8-9H2,(H,14,15). The summed E-state index contributed by atoms with van der Waals surface area (Å²) < 4.78 is 5.41. The number of carbonyl (C=O) groups is 1. The van der Waals surface area contributed by atoms with Gasteiger partial charge in [-0.2, -0.15) is 0 Å². The summed E-state index contributed by atoms with van der Waals surface area (Å²) in [6.07, 6.45) is 0.648. The Morgan fingerprint density at radius 3 is 2.65 bits per heavy atom.